The Balaban J connectivity index is 2.14. The Bertz CT molecular complexity index is 537. The first-order valence-electron chi connectivity index (χ1n) is 5.15. The summed E-state index contributed by atoms with van der Waals surface area (Å²) in [4.78, 5) is 15.8. The van der Waals surface area contributed by atoms with Gasteiger partial charge in [-0.3, -0.25) is 9.78 Å². The fourth-order valence-corrected chi connectivity index (χ4v) is 1.52. The van der Waals surface area contributed by atoms with E-state index in [9.17, 15) is 4.79 Å². The fraction of sp³-hybridized carbons (Fsp3) is 0.0769. The predicted octanol–water partition coefficient (Wildman–Crippen LogP) is 3.30. The number of benzene rings is 1. The van der Waals surface area contributed by atoms with E-state index in [1.165, 1.54) is 12.3 Å². The van der Waals surface area contributed by atoms with Gasteiger partial charge in [0, 0.05) is 16.9 Å². The zero-order chi connectivity index (χ0) is 12.3. The number of amides is 1. The first kappa shape index (κ1) is 11.6. The minimum Gasteiger partial charge on any atom is -0.321 e. The van der Waals surface area contributed by atoms with Crippen molar-refractivity contribution in [3.63, 3.8) is 0 Å². The molecule has 0 radical (unpaired) electrons. The fourth-order valence-electron chi connectivity index (χ4n) is 1.36. The minimum absolute atomic E-state index is 0.267. The summed E-state index contributed by atoms with van der Waals surface area (Å²) in [5, 5.41) is 3.25. The Labute approximate surface area is 104 Å². The summed E-state index contributed by atoms with van der Waals surface area (Å²) in [5.41, 5.74) is 2.18. The van der Waals surface area contributed by atoms with Crippen molar-refractivity contribution in [1.82, 2.24) is 4.98 Å². The predicted molar refractivity (Wildman–Crippen MR) is 68.4 cm³/mol. The van der Waals surface area contributed by atoms with Gasteiger partial charge in [0.05, 0.1) is 0 Å². The van der Waals surface area contributed by atoms with Crippen LogP contribution >= 0.6 is 11.6 Å². The number of aryl methyl sites for hydroxylation is 1. The SMILES string of the molecule is Cc1ccc(NC(=O)c2cc(Cl)ccn2)cc1. The summed E-state index contributed by atoms with van der Waals surface area (Å²) in [6.07, 6.45) is 1.51. The molecule has 0 atom stereocenters. The van der Waals surface area contributed by atoms with Crippen LogP contribution in [0.4, 0.5) is 5.69 Å². The van der Waals surface area contributed by atoms with Crippen molar-refractivity contribution >= 4 is 23.2 Å². The Morgan fingerprint density at radius 3 is 2.59 bits per heavy atom. The third-order valence-electron chi connectivity index (χ3n) is 2.26. The molecule has 0 fully saturated rings. The lowest BCUT2D eigenvalue weighted by molar-refractivity contribution is 0.102. The molecule has 1 heterocycles. The number of carbonyl (C=O) groups excluding carboxylic acids is 1. The van der Waals surface area contributed by atoms with Gasteiger partial charge in [0.1, 0.15) is 5.69 Å². The first-order valence-corrected chi connectivity index (χ1v) is 5.52. The highest BCUT2D eigenvalue weighted by Crippen LogP contribution is 2.12. The second-order valence-corrected chi connectivity index (χ2v) is 4.12. The van der Waals surface area contributed by atoms with Crippen molar-refractivity contribution < 1.29 is 4.79 Å². The van der Waals surface area contributed by atoms with E-state index in [1.54, 1.807) is 6.07 Å². The van der Waals surface area contributed by atoms with Crippen molar-refractivity contribution in [2.24, 2.45) is 0 Å². The zero-order valence-corrected chi connectivity index (χ0v) is 10.0. The van der Waals surface area contributed by atoms with Gasteiger partial charge < -0.3 is 5.32 Å². The Kier molecular flexibility index (Phi) is 3.40. The van der Waals surface area contributed by atoms with E-state index < -0.39 is 0 Å². The summed E-state index contributed by atoms with van der Waals surface area (Å²) < 4.78 is 0. The van der Waals surface area contributed by atoms with Gasteiger partial charge in [0.2, 0.25) is 0 Å². The molecule has 0 spiro atoms. The molecule has 86 valence electrons. The number of hydrogen-bond donors (Lipinski definition) is 1. The second kappa shape index (κ2) is 4.97. The Morgan fingerprint density at radius 2 is 1.94 bits per heavy atom. The molecule has 0 saturated heterocycles. The Hall–Kier alpha value is -1.87. The lowest BCUT2D eigenvalue weighted by Gasteiger charge is -2.04. The van der Waals surface area contributed by atoms with E-state index in [0.717, 1.165) is 11.3 Å². The van der Waals surface area contributed by atoms with Gasteiger partial charge in [0.15, 0.2) is 0 Å². The summed E-state index contributed by atoms with van der Waals surface area (Å²) in [5.74, 6) is -0.267. The van der Waals surface area contributed by atoms with Crippen LogP contribution < -0.4 is 5.32 Å². The average molecular weight is 247 g/mol. The maximum absolute atomic E-state index is 11.8. The van der Waals surface area contributed by atoms with Gasteiger partial charge in [-0.15, -0.1) is 0 Å². The third kappa shape index (κ3) is 3.04. The van der Waals surface area contributed by atoms with Crippen molar-refractivity contribution in [3.05, 3.63) is 58.9 Å². The number of hydrogen-bond acceptors (Lipinski definition) is 2. The monoisotopic (exact) mass is 246 g/mol. The van der Waals surface area contributed by atoms with E-state index in [0.29, 0.717) is 10.7 Å². The van der Waals surface area contributed by atoms with Gasteiger partial charge in [-0.05, 0) is 31.2 Å². The summed E-state index contributed by atoms with van der Waals surface area (Å²) in [6, 6.07) is 10.7. The molecule has 3 nitrogen and oxygen atoms in total. The van der Waals surface area contributed by atoms with E-state index >= 15 is 0 Å². The van der Waals surface area contributed by atoms with Gasteiger partial charge in [-0.2, -0.15) is 0 Å². The molecule has 0 aliphatic carbocycles. The van der Waals surface area contributed by atoms with Crippen LogP contribution in [-0.2, 0) is 0 Å². The number of aromatic nitrogens is 1. The smallest absolute Gasteiger partial charge is 0.274 e. The van der Waals surface area contributed by atoms with Crippen LogP contribution in [-0.4, -0.2) is 10.9 Å². The number of carbonyl (C=O) groups is 1. The number of anilines is 1. The largest absolute Gasteiger partial charge is 0.321 e. The van der Waals surface area contributed by atoms with E-state index in [4.69, 9.17) is 11.6 Å². The molecule has 0 aliphatic rings. The van der Waals surface area contributed by atoms with Crippen LogP contribution in [0.2, 0.25) is 5.02 Å². The molecule has 0 aliphatic heterocycles. The van der Waals surface area contributed by atoms with Crippen LogP contribution in [0.25, 0.3) is 0 Å². The van der Waals surface area contributed by atoms with Crippen molar-refractivity contribution in [1.29, 1.82) is 0 Å². The molecule has 1 N–H and O–H groups in total. The molecule has 1 amide bonds. The molecule has 4 heteroatoms. The van der Waals surface area contributed by atoms with Crippen LogP contribution in [0.1, 0.15) is 16.1 Å². The maximum atomic E-state index is 11.8. The lowest BCUT2D eigenvalue weighted by Crippen LogP contribution is -2.13. The van der Waals surface area contributed by atoms with Gasteiger partial charge in [-0.1, -0.05) is 29.3 Å². The summed E-state index contributed by atoms with van der Waals surface area (Å²) in [6.45, 7) is 1.99. The molecule has 0 saturated carbocycles. The quantitative estimate of drug-likeness (QED) is 0.884. The van der Waals surface area contributed by atoms with Crippen molar-refractivity contribution in [2.45, 2.75) is 6.92 Å². The summed E-state index contributed by atoms with van der Waals surface area (Å²) >= 11 is 5.79. The number of halogens is 1. The lowest BCUT2D eigenvalue weighted by atomic mass is 10.2. The molecule has 0 unspecified atom stereocenters. The van der Waals surface area contributed by atoms with Gasteiger partial charge >= 0.3 is 0 Å². The van der Waals surface area contributed by atoms with Crippen LogP contribution in [0, 0.1) is 6.92 Å². The van der Waals surface area contributed by atoms with E-state index in [-0.39, 0.29) is 5.91 Å². The normalized spacial score (nSPS) is 10.0. The number of nitrogens with zero attached hydrogens (tertiary/aromatic N) is 1. The minimum atomic E-state index is -0.267. The topological polar surface area (TPSA) is 42.0 Å². The first-order chi connectivity index (χ1) is 8.15. The van der Waals surface area contributed by atoms with E-state index in [1.807, 2.05) is 31.2 Å². The molecule has 1 aromatic carbocycles. The highest BCUT2D eigenvalue weighted by atomic mass is 35.5. The second-order valence-electron chi connectivity index (χ2n) is 3.68. The van der Waals surface area contributed by atoms with Gasteiger partial charge in [0.25, 0.3) is 5.91 Å². The molecular formula is C13H11ClN2O. The van der Waals surface area contributed by atoms with Crippen molar-refractivity contribution in [2.75, 3.05) is 5.32 Å². The van der Waals surface area contributed by atoms with Crippen LogP contribution in [0.3, 0.4) is 0 Å². The zero-order valence-electron chi connectivity index (χ0n) is 9.27. The van der Waals surface area contributed by atoms with Crippen LogP contribution in [0.5, 0.6) is 0 Å². The summed E-state index contributed by atoms with van der Waals surface area (Å²) in [7, 11) is 0. The number of nitrogens with one attached hydrogen (secondary N) is 1. The molecule has 17 heavy (non-hydrogen) atoms. The molecule has 0 bridgehead atoms. The van der Waals surface area contributed by atoms with E-state index in [2.05, 4.69) is 10.3 Å². The Morgan fingerprint density at radius 1 is 1.24 bits per heavy atom. The maximum Gasteiger partial charge on any atom is 0.274 e. The van der Waals surface area contributed by atoms with Gasteiger partial charge in [-0.25, -0.2) is 0 Å². The van der Waals surface area contributed by atoms with Crippen molar-refractivity contribution in [3.8, 4) is 0 Å². The van der Waals surface area contributed by atoms with Crippen LogP contribution in [0.15, 0.2) is 42.6 Å². The highest BCUT2D eigenvalue weighted by Gasteiger charge is 2.07. The average Bonchev–Trinajstić information content (AvgIpc) is 2.32. The standard InChI is InChI=1S/C13H11ClN2O/c1-9-2-4-11(5-3-9)16-13(17)12-8-10(14)6-7-15-12/h2-8H,1H3,(H,16,17). The molecule has 2 aromatic rings. The highest BCUT2D eigenvalue weighted by molar-refractivity contribution is 6.30. The molecule has 2 rings (SSSR count). The molecular weight excluding hydrogens is 236 g/mol. The number of rotatable bonds is 2. The molecule has 1 aromatic heterocycles. The third-order valence-corrected chi connectivity index (χ3v) is 2.50. The number of pyridine rings is 1.